The third kappa shape index (κ3) is 2.34. The van der Waals surface area contributed by atoms with Gasteiger partial charge in [0.2, 0.25) is 10.0 Å². The molecule has 0 aliphatic heterocycles. The maximum absolute atomic E-state index is 11.5. The smallest absolute Gasteiger partial charge is 0.211 e. The van der Waals surface area contributed by atoms with Crippen molar-refractivity contribution < 1.29 is 8.42 Å². The lowest BCUT2D eigenvalue weighted by atomic mass is 10.3. The minimum absolute atomic E-state index is 0.255. The van der Waals surface area contributed by atoms with E-state index in [1.54, 1.807) is 15.6 Å². The highest BCUT2D eigenvalue weighted by Crippen LogP contribution is 2.30. The van der Waals surface area contributed by atoms with Crippen LogP contribution in [-0.4, -0.2) is 25.0 Å². The van der Waals surface area contributed by atoms with Gasteiger partial charge in [0.05, 0.1) is 6.26 Å². The number of hydrogen-bond donors (Lipinski definition) is 0. The molecule has 1 aromatic rings. The van der Waals surface area contributed by atoms with Crippen LogP contribution in [0.4, 0.5) is 0 Å². The van der Waals surface area contributed by atoms with Crippen LogP contribution in [0.5, 0.6) is 0 Å². The van der Waals surface area contributed by atoms with Crippen LogP contribution in [0.1, 0.15) is 18.4 Å². The Bertz CT molecular complexity index is 392. The lowest BCUT2D eigenvalue weighted by molar-refractivity contribution is 0.403. The average Bonchev–Trinajstić information content (AvgIpc) is 2.77. The maximum Gasteiger partial charge on any atom is 0.211 e. The highest BCUT2D eigenvalue weighted by molar-refractivity contribution is 7.88. The monoisotopic (exact) mass is 231 g/mol. The molecule has 78 valence electrons. The number of thiophene rings is 1. The molecule has 3 nitrogen and oxygen atoms in total. The molecule has 2 rings (SSSR count). The van der Waals surface area contributed by atoms with E-state index in [1.807, 2.05) is 16.8 Å². The summed E-state index contributed by atoms with van der Waals surface area (Å²) >= 11 is 1.60. The van der Waals surface area contributed by atoms with Gasteiger partial charge in [-0.25, -0.2) is 8.42 Å². The molecule has 0 radical (unpaired) electrons. The van der Waals surface area contributed by atoms with Gasteiger partial charge in [0.15, 0.2) is 0 Å². The van der Waals surface area contributed by atoms with Crippen molar-refractivity contribution in [2.24, 2.45) is 0 Å². The first-order valence-electron chi connectivity index (χ1n) is 4.55. The molecule has 1 aromatic heterocycles. The van der Waals surface area contributed by atoms with Gasteiger partial charge < -0.3 is 0 Å². The van der Waals surface area contributed by atoms with Crippen molar-refractivity contribution in [1.29, 1.82) is 0 Å². The quantitative estimate of drug-likeness (QED) is 0.790. The fraction of sp³-hybridized carbons (Fsp3) is 0.556. The van der Waals surface area contributed by atoms with E-state index in [9.17, 15) is 8.42 Å². The molecule has 0 saturated heterocycles. The van der Waals surface area contributed by atoms with Crippen LogP contribution in [-0.2, 0) is 16.6 Å². The van der Waals surface area contributed by atoms with E-state index in [0.717, 1.165) is 18.4 Å². The first kappa shape index (κ1) is 10.1. The second kappa shape index (κ2) is 3.64. The van der Waals surface area contributed by atoms with Crippen LogP contribution in [0.3, 0.4) is 0 Å². The lowest BCUT2D eigenvalue weighted by Crippen LogP contribution is -2.31. The molecule has 0 aromatic carbocycles. The standard InChI is InChI=1S/C9H13NO2S2/c1-14(11,12)10(9-2-3-9)6-8-4-5-13-7-8/h4-5,7,9H,2-3,6H2,1H3. The SMILES string of the molecule is CS(=O)(=O)N(Cc1ccsc1)C1CC1. The maximum atomic E-state index is 11.5. The van der Waals surface area contributed by atoms with E-state index >= 15 is 0 Å². The van der Waals surface area contributed by atoms with Gasteiger partial charge in [-0.05, 0) is 35.2 Å². The Kier molecular flexibility index (Phi) is 2.64. The Labute approximate surface area is 88.4 Å². The van der Waals surface area contributed by atoms with Crippen molar-refractivity contribution in [3.63, 3.8) is 0 Å². The van der Waals surface area contributed by atoms with Crippen LogP contribution >= 0.6 is 11.3 Å². The minimum atomic E-state index is -3.04. The lowest BCUT2D eigenvalue weighted by Gasteiger charge is -2.18. The molecule has 14 heavy (non-hydrogen) atoms. The van der Waals surface area contributed by atoms with Crippen molar-refractivity contribution >= 4 is 21.4 Å². The minimum Gasteiger partial charge on any atom is -0.212 e. The Balaban J connectivity index is 2.13. The average molecular weight is 231 g/mol. The summed E-state index contributed by atoms with van der Waals surface area (Å²) in [5.41, 5.74) is 1.09. The molecule has 1 aliphatic rings. The van der Waals surface area contributed by atoms with E-state index in [1.165, 1.54) is 6.26 Å². The van der Waals surface area contributed by atoms with Crippen molar-refractivity contribution in [3.8, 4) is 0 Å². The number of rotatable bonds is 4. The summed E-state index contributed by atoms with van der Waals surface area (Å²) in [6.45, 7) is 0.535. The van der Waals surface area contributed by atoms with E-state index in [4.69, 9.17) is 0 Å². The Morgan fingerprint density at radius 3 is 2.71 bits per heavy atom. The molecule has 1 heterocycles. The summed E-state index contributed by atoms with van der Waals surface area (Å²) < 4.78 is 24.5. The van der Waals surface area contributed by atoms with Gasteiger partial charge in [0, 0.05) is 12.6 Å². The second-order valence-corrected chi connectivity index (χ2v) is 6.39. The molecule has 0 spiro atoms. The van der Waals surface area contributed by atoms with Crippen LogP contribution in [0.2, 0.25) is 0 Å². The third-order valence-electron chi connectivity index (χ3n) is 2.30. The number of nitrogens with zero attached hydrogens (tertiary/aromatic N) is 1. The fourth-order valence-electron chi connectivity index (χ4n) is 1.44. The van der Waals surface area contributed by atoms with Crippen LogP contribution in [0.15, 0.2) is 16.8 Å². The molecule has 5 heteroatoms. The third-order valence-corrected chi connectivity index (χ3v) is 4.31. The van der Waals surface area contributed by atoms with Gasteiger partial charge in [-0.1, -0.05) is 0 Å². The molecule has 0 unspecified atom stereocenters. The summed E-state index contributed by atoms with van der Waals surface area (Å²) in [6.07, 6.45) is 3.31. The van der Waals surface area contributed by atoms with Gasteiger partial charge in [0.25, 0.3) is 0 Å². The summed E-state index contributed by atoms with van der Waals surface area (Å²) in [7, 11) is -3.04. The molecular formula is C9H13NO2S2. The second-order valence-electron chi connectivity index (χ2n) is 3.67. The zero-order valence-electron chi connectivity index (χ0n) is 8.01. The van der Waals surface area contributed by atoms with Gasteiger partial charge in [-0.15, -0.1) is 0 Å². The predicted molar refractivity (Wildman–Crippen MR) is 57.7 cm³/mol. The van der Waals surface area contributed by atoms with Gasteiger partial charge >= 0.3 is 0 Å². The molecule has 0 atom stereocenters. The zero-order valence-corrected chi connectivity index (χ0v) is 9.64. The van der Waals surface area contributed by atoms with Gasteiger partial charge in [-0.2, -0.15) is 15.6 Å². The zero-order chi connectivity index (χ0) is 10.2. The van der Waals surface area contributed by atoms with Crippen molar-refractivity contribution in [3.05, 3.63) is 22.4 Å². The summed E-state index contributed by atoms with van der Waals surface area (Å²) in [4.78, 5) is 0. The topological polar surface area (TPSA) is 37.4 Å². The van der Waals surface area contributed by atoms with Gasteiger partial charge in [-0.3, -0.25) is 0 Å². The van der Waals surface area contributed by atoms with Crippen LogP contribution < -0.4 is 0 Å². The largest absolute Gasteiger partial charge is 0.212 e. The molecule has 1 fully saturated rings. The molecule has 1 saturated carbocycles. The van der Waals surface area contributed by atoms with Crippen molar-refractivity contribution in [1.82, 2.24) is 4.31 Å². The Morgan fingerprint density at radius 2 is 2.29 bits per heavy atom. The van der Waals surface area contributed by atoms with E-state index < -0.39 is 10.0 Å². The molecule has 0 N–H and O–H groups in total. The summed E-state index contributed by atoms with van der Waals surface area (Å²) in [5, 5.41) is 3.98. The highest BCUT2D eigenvalue weighted by atomic mass is 32.2. The first-order valence-corrected chi connectivity index (χ1v) is 7.34. The number of hydrogen-bond acceptors (Lipinski definition) is 3. The fourth-order valence-corrected chi connectivity index (χ4v) is 3.24. The van der Waals surface area contributed by atoms with E-state index in [2.05, 4.69) is 0 Å². The van der Waals surface area contributed by atoms with Crippen molar-refractivity contribution in [2.75, 3.05) is 6.26 Å². The van der Waals surface area contributed by atoms with E-state index in [-0.39, 0.29) is 6.04 Å². The van der Waals surface area contributed by atoms with Gasteiger partial charge in [0.1, 0.15) is 0 Å². The normalized spacial score (nSPS) is 17.6. The van der Waals surface area contributed by atoms with Crippen LogP contribution in [0.25, 0.3) is 0 Å². The summed E-state index contributed by atoms with van der Waals surface area (Å²) in [5.74, 6) is 0. The molecule has 1 aliphatic carbocycles. The van der Waals surface area contributed by atoms with Crippen molar-refractivity contribution in [2.45, 2.75) is 25.4 Å². The highest BCUT2D eigenvalue weighted by Gasteiger charge is 2.34. The first-order chi connectivity index (χ1) is 6.57. The summed E-state index contributed by atoms with van der Waals surface area (Å²) in [6, 6.07) is 2.23. The van der Waals surface area contributed by atoms with Crippen LogP contribution in [0, 0.1) is 0 Å². The Hall–Kier alpha value is -0.390. The number of sulfonamides is 1. The predicted octanol–water partition coefficient (Wildman–Crippen LogP) is 1.67. The van der Waals surface area contributed by atoms with E-state index in [0.29, 0.717) is 6.54 Å². The molecule has 0 amide bonds. The molecule has 0 bridgehead atoms. The molecular weight excluding hydrogens is 218 g/mol. The Morgan fingerprint density at radius 1 is 1.57 bits per heavy atom.